The van der Waals surface area contributed by atoms with Crippen LogP contribution in [0.1, 0.15) is 11.1 Å². The van der Waals surface area contributed by atoms with Gasteiger partial charge in [0.05, 0.1) is 7.11 Å². The van der Waals surface area contributed by atoms with Gasteiger partial charge < -0.3 is 14.8 Å². The zero-order chi connectivity index (χ0) is 15.2. The summed E-state index contributed by atoms with van der Waals surface area (Å²) in [5, 5.41) is 3.65. The second-order valence-electron chi connectivity index (χ2n) is 4.54. The Bertz CT molecular complexity index is 602. The fourth-order valence-electron chi connectivity index (χ4n) is 1.92. The zero-order valence-electron chi connectivity index (χ0n) is 12.0. The van der Waals surface area contributed by atoms with Crippen LogP contribution in [-0.4, -0.2) is 14.2 Å². The fraction of sp³-hybridized carbons (Fsp3) is 0.250. The zero-order valence-corrected chi connectivity index (χ0v) is 12.7. The van der Waals surface area contributed by atoms with Crippen molar-refractivity contribution in [2.45, 2.75) is 13.2 Å². The Kier molecular flexibility index (Phi) is 5.42. The first kappa shape index (κ1) is 15.6. The van der Waals surface area contributed by atoms with Gasteiger partial charge in [-0.05, 0) is 36.4 Å². The summed E-state index contributed by atoms with van der Waals surface area (Å²) in [6, 6.07) is 9.74. The van der Waals surface area contributed by atoms with E-state index in [-0.39, 0.29) is 5.82 Å². The minimum Gasteiger partial charge on any atom is -0.493 e. The normalized spacial score (nSPS) is 10.5. The highest BCUT2D eigenvalue weighted by Crippen LogP contribution is 2.33. The monoisotopic (exact) mass is 309 g/mol. The highest BCUT2D eigenvalue weighted by molar-refractivity contribution is 6.31. The van der Waals surface area contributed by atoms with Crippen LogP contribution in [0, 0.1) is 5.82 Å². The molecule has 0 aliphatic heterocycles. The van der Waals surface area contributed by atoms with E-state index < -0.39 is 0 Å². The molecule has 2 aromatic carbocycles. The second-order valence-corrected chi connectivity index (χ2v) is 4.95. The molecule has 0 saturated heterocycles. The third-order valence-electron chi connectivity index (χ3n) is 3.01. The van der Waals surface area contributed by atoms with Crippen molar-refractivity contribution >= 4 is 11.6 Å². The van der Waals surface area contributed by atoms with Gasteiger partial charge in [0.15, 0.2) is 11.5 Å². The SMILES string of the molecule is CNCc1cc(OC)c(OCc2ccc(F)cc2)cc1Cl. The first-order valence-corrected chi connectivity index (χ1v) is 6.90. The molecule has 0 aliphatic carbocycles. The van der Waals surface area contributed by atoms with Crippen molar-refractivity contribution in [3.05, 3.63) is 58.4 Å². The lowest BCUT2D eigenvalue weighted by atomic mass is 10.2. The van der Waals surface area contributed by atoms with Crippen molar-refractivity contribution in [2.24, 2.45) is 0 Å². The number of nitrogens with one attached hydrogen (secondary N) is 1. The van der Waals surface area contributed by atoms with Crippen LogP contribution in [0.3, 0.4) is 0 Å². The molecule has 0 amide bonds. The molecule has 1 N–H and O–H groups in total. The third-order valence-corrected chi connectivity index (χ3v) is 3.36. The van der Waals surface area contributed by atoms with Gasteiger partial charge in [-0.3, -0.25) is 0 Å². The van der Waals surface area contributed by atoms with Gasteiger partial charge in [0, 0.05) is 17.6 Å². The molecular formula is C16H17ClFNO2. The number of hydrogen-bond acceptors (Lipinski definition) is 3. The average Bonchev–Trinajstić information content (AvgIpc) is 2.49. The summed E-state index contributed by atoms with van der Waals surface area (Å²) in [5.74, 6) is 0.911. The average molecular weight is 310 g/mol. The topological polar surface area (TPSA) is 30.5 Å². The standard InChI is InChI=1S/C16H17ClFNO2/c1-19-9-12-7-15(20-2)16(8-14(12)17)21-10-11-3-5-13(18)6-4-11/h3-8,19H,9-10H2,1-2H3. The molecule has 0 atom stereocenters. The summed E-state index contributed by atoms with van der Waals surface area (Å²) in [4.78, 5) is 0. The lowest BCUT2D eigenvalue weighted by Gasteiger charge is -2.14. The molecule has 0 spiro atoms. The Morgan fingerprint density at radius 2 is 1.86 bits per heavy atom. The van der Waals surface area contributed by atoms with E-state index in [1.807, 2.05) is 13.1 Å². The van der Waals surface area contributed by atoms with Gasteiger partial charge in [0.25, 0.3) is 0 Å². The molecule has 0 aromatic heterocycles. The minimum atomic E-state index is -0.268. The largest absolute Gasteiger partial charge is 0.493 e. The molecule has 5 heteroatoms. The number of halogens is 2. The van der Waals surface area contributed by atoms with Crippen molar-refractivity contribution in [1.82, 2.24) is 5.32 Å². The summed E-state index contributed by atoms with van der Waals surface area (Å²) in [6.45, 7) is 0.964. The molecule has 2 aromatic rings. The Hall–Kier alpha value is -1.78. The van der Waals surface area contributed by atoms with Crippen LogP contribution >= 0.6 is 11.6 Å². The summed E-state index contributed by atoms with van der Waals surface area (Å²) >= 11 is 6.21. The third kappa shape index (κ3) is 4.09. The Morgan fingerprint density at radius 1 is 1.14 bits per heavy atom. The van der Waals surface area contributed by atoms with Crippen molar-refractivity contribution in [3.63, 3.8) is 0 Å². The molecule has 21 heavy (non-hydrogen) atoms. The number of hydrogen-bond donors (Lipinski definition) is 1. The molecule has 0 saturated carbocycles. The molecule has 0 bridgehead atoms. The molecule has 3 nitrogen and oxygen atoms in total. The van der Waals surface area contributed by atoms with Crippen LogP contribution < -0.4 is 14.8 Å². The van der Waals surface area contributed by atoms with Crippen LogP contribution in [-0.2, 0) is 13.2 Å². The molecule has 0 unspecified atom stereocenters. The second kappa shape index (κ2) is 7.29. The maximum atomic E-state index is 12.9. The van der Waals surface area contributed by atoms with E-state index in [1.54, 1.807) is 25.3 Å². The first-order valence-electron chi connectivity index (χ1n) is 6.52. The highest BCUT2D eigenvalue weighted by atomic mass is 35.5. The molecule has 0 fully saturated rings. The maximum absolute atomic E-state index is 12.9. The lowest BCUT2D eigenvalue weighted by molar-refractivity contribution is 0.284. The van der Waals surface area contributed by atoms with E-state index in [0.29, 0.717) is 29.7 Å². The van der Waals surface area contributed by atoms with E-state index >= 15 is 0 Å². The first-order chi connectivity index (χ1) is 10.1. The molecular weight excluding hydrogens is 293 g/mol. The van der Waals surface area contributed by atoms with Crippen molar-refractivity contribution in [1.29, 1.82) is 0 Å². The van der Waals surface area contributed by atoms with Crippen molar-refractivity contribution in [2.75, 3.05) is 14.2 Å². The van der Waals surface area contributed by atoms with Gasteiger partial charge in [-0.2, -0.15) is 0 Å². The van der Waals surface area contributed by atoms with Crippen molar-refractivity contribution < 1.29 is 13.9 Å². The highest BCUT2D eigenvalue weighted by Gasteiger charge is 2.10. The summed E-state index contributed by atoms with van der Waals surface area (Å²) in [6.07, 6.45) is 0. The van der Waals surface area contributed by atoms with Gasteiger partial charge in [0.2, 0.25) is 0 Å². The van der Waals surface area contributed by atoms with Gasteiger partial charge in [-0.1, -0.05) is 23.7 Å². The fourth-order valence-corrected chi connectivity index (χ4v) is 2.14. The van der Waals surface area contributed by atoms with Gasteiger partial charge in [0.1, 0.15) is 12.4 Å². The van der Waals surface area contributed by atoms with Crippen LogP contribution in [0.2, 0.25) is 5.02 Å². The predicted octanol–water partition coefficient (Wildman–Crippen LogP) is 3.79. The van der Waals surface area contributed by atoms with E-state index in [2.05, 4.69) is 5.32 Å². The van der Waals surface area contributed by atoms with Crippen LogP contribution in [0.4, 0.5) is 4.39 Å². The van der Waals surface area contributed by atoms with Crippen LogP contribution in [0.15, 0.2) is 36.4 Å². The van der Waals surface area contributed by atoms with E-state index in [1.165, 1.54) is 12.1 Å². The van der Waals surface area contributed by atoms with E-state index in [9.17, 15) is 4.39 Å². The predicted molar refractivity (Wildman–Crippen MR) is 81.5 cm³/mol. The molecule has 0 heterocycles. The number of rotatable bonds is 6. The van der Waals surface area contributed by atoms with E-state index in [0.717, 1.165) is 11.1 Å². The van der Waals surface area contributed by atoms with Crippen LogP contribution in [0.25, 0.3) is 0 Å². The van der Waals surface area contributed by atoms with E-state index in [4.69, 9.17) is 21.1 Å². The number of methoxy groups -OCH3 is 1. The lowest BCUT2D eigenvalue weighted by Crippen LogP contribution is -2.06. The minimum absolute atomic E-state index is 0.268. The molecule has 2 rings (SSSR count). The maximum Gasteiger partial charge on any atom is 0.163 e. The number of ether oxygens (including phenoxy) is 2. The summed E-state index contributed by atoms with van der Waals surface area (Å²) in [7, 11) is 3.43. The van der Waals surface area contributed by atoms with Gasteiger partial charge in [-0.15, -0.1) is 0 Å². The smallest absolute Gasteiger partial charge is 0.163 e. The number of benzene rings is 2. The van der Waals surface area contributed by atoms with Crippen LogP contribution in [0.5, 0.6) is 11.5 Å². The molecule has 0 aliphatic rings. The molecule has 112 valence electrons. The van der Waals surface area contributed by atoms with Crippen molar-refractivity contribution in [3.8, 4) is 11.5 Å². The Morgan fingerprint density at radius 3 is 2.48 bits per heavy atom. The summed E-state index contributed by atoms with van der Waals surface area (Å²) in [5.41, 5.74) is 1.80. The Labute approximate surface area is 128 Å². The quantitative estimate of drug-likeness (QED) is 0.880. The summed E-state index contributed by atoms with van der Waals surface area (Å²) < 4.78 is 23.9. The van der Waals surface area contributed by atoms with Gasteiger partial charge in [-0.25, -0.2) is 4.39 Å². The molecule has 0 radical (unpaired) electrons. The Balaban J connectivity index is 2.15. The van der Waals surface area contributed by atoms with Gasteiger partial charge >= 0.3 is 0 Å².